The third kappa shape index (κ3) is 2.48. The molecule has 0 aliphatic carbocycles. The van der Waals surface area contributed by atoms with Gasteiger partial charge in [0.2, 0.25) is 0 Å². The molecule has 2 N–H and O–H groups in total. The molecule has 2 rings (SSSR count). The van der Waals surface area contributed by atoms with Crippen molar-refractivity contribution in [2.24, 2.45) is 5.11 Å². The van der Waals surface area contributed by atoms with Gasteiger partial charge in [-0.05, 0) is 23.2 Å². The van der Waals surface area contributed by atoms with Crippen LogP contribution >= 0.6 is 0 Å². The maximum atomic E-state index is 9.99. The zero-order valence-corrected chi connectivity index (χ0v) is 9.56. The van der Waals surface area contributed by atoms with Crippen LogP contribution in [0.15, 0.2) is 23.3 Å². The Morgan fingerprint density at radius 2 is 2.06 bits per heavy atom. The number of aliphatic hydroxyl groups excluding tert-OH is 2. The van der Waals surface area contributed by atoms with E-state index in [4.69, 9.17) is 20.1 Å². The van der Waals surface area contributed by atoms with E-state index in [0.29, 0.717) is 30.3 Å². The number of ether oxygens (including phenoxy) is 2. The molecule has 0 saturated carbocycles. The van der Waals surface area contributed by atoms with Gasteiger partial charge in [0.1, 0.15) is 13.2 Å². The standard InChI is InChI=1S/C11H13N3O4/c12-14-13-8(6-15)11(16)7-1-2-9-10(5-7)18-4-3-17-9/h1-2,5,8,11,15-16H,3-4,6H2/t8-,11?/m1/s1. The summed E-state index contributed by atoms with van der Waals surface area (Å²) in [5.74, 6) is 1.15. The normalized spacial score (nSPS) is 16.6. The third-order valence-electron chi connectivity index (χ3n) is 2.66. The fourth-order valence-corrected chi connectivity index (χ4v) is 1.73. The Kier molecular flexibility index (Phi) is 3.88. The summed E-state index contributed by atoms with van der Waals surface area (Å²) in [6, 6.07) is 4.03. The molecule has 0 amide bonds. The third-order valence-corrected chi connectivity index (χ3v) is 2.66. The molecule has 1 aliphatic rings. The summed E-state index contributed by atoms with van der Waals surface area (Å²) in [4.78, 5) is 2.59. The number of nitrogens with zero attached hydrogens (tertiary/aromatic N) is 3. The van der Waals surface area contributed by atoms with Gasteiger partial charge in [-0.25, -0.2) is 0 Å². The highest BCUT2D eigenvalue weighted by Gasteiger charge is 2.21. The van der Waals surface area contributed by atoms with Gasteiger partial charge in [0.15, 0.2) is 11.5 Å². The lowest BCUT2D eigenvalue weighted by molar-refractivity contribution is 0.108. The lowest BCUT2D eigenvalue weighted by atomic mass is 10.0. The Hall–Kier alpha value is -1.95. The summed E-state index contributed by atoms with van der Waals surface area (Å²) < 4.78 is 10.7. The predicted octanol–water partition coefficient (Wildman–Crippen LogP) is 1.16. The molecule has 18 heavy (non-hydrogen) atoms. The minimum atomic E-state index is -1.08. The molecule has 96 valence electrons. The molecule has 1 heterocycles. The van der Waals surface area contributed by atoms with Crippen LogP contribution < -0.4 is 9.47 Å². The van der Waals surface area contributed by atoms with Gasteiger partial charge < -0.3 is 19.7 Å². The van der Waals surface area contributed by atoms with E-state index in [2.05, 4.69) is 10.0 Å². The number of hydrogen-bond acceptors (Lipinski definition) is 5. The highest BCUT2D eigenvalue weighted by Crippen LogP contribution is 2.33. The molecule has 0 aromatic heterocycles. The monoisotopic (exact) mass is 251 g/mol. The Labute approximate surface area is 103 Å². The number of rotatable bonds is 4. The topological polar surface area (TPSA) is 108 Å². The number of azide groups is 1. The predicted molar refractivity (Wildman–Crippen MR) is 62.4 cm³/mol. The summed E-state index contributed by atoms with van der Waals surface area (Å²) in [7, 11) is 0. The van der Waals surface area contributed by atoms with Crippen molar-refractivity contribution >= 4 is 0 Å². The summed E-state index contributed by atoms with van der Waals surface area (Å²) in [5, 5.41) is 22.4. The zero-order chi connectivity index (χ0) is 13.0. The molecule has 0 saturated heterocycles. The first kappa shape index (κ1) is 12.5. The van der Waals surface area contributed by atoms with Gasteiger partial charge in [-0.1, -0.05) is 11.2 Å². The molecular formula is C11H13N3O4. The van der Waals surface area contributed by atoms with Crippen LogP contribution in [0.1, 0.15) is 11.7 Å². The minimum absolute atomic E-state index is 0.431. The first-order valence-corrected chi connectivity index (χ1v) is 5.49. The summed E-state index contributed by atoms with van der Waals surface area (Å²) >= 11 is 0. The van der Waals surface area contributed by atoms with E-state index in [0.717, 1.165) is 0 Å². The molecule has 0 spiro atoms. The van der Waals surface area contributed by atoms with Crippen molar-refractivity contribution < 1.29 is 19.7 Å². The largest absolute Gasteiger partial charge is 0.486 e. The molecule has 7 heteroatoms. The van der Waals surface area contributed by atoms with Crippen LogP contribution in [0, 0.1) is 0 Å². The maximum Gasteiger partial charge on any atom is 0.161 e. The van der Waals surface area contributed by atoms with Gasteiger partial charge in [0, 0.05) is 4.91 Å². The van der Waals surface area contributed by atoms with Crippen LogP contribution in [-0.4, -0.2) is 36.1 Å². The van der Waals surface area contributed by atoms with Crippen LogP contribution in [-0.2, 0) is 0 Å². The summed E-state index contributed by atoms with van der Waals surface area (Å²) in [6.45, 7) is 0.513. The highest BCUT2D eigenvalue weighted by molar-refractivity contribution is 5.44. The van der Waals surface area contributed by atoms with Gasteiger partial charge in [-0.2, -0.15) is 0 Å². The van der Waals surface area contributed by atoms with Crippen LogP contribution in [0.25, 0.3) is 10.4 Å². The van der Waals surface area contributed by atoms with E-state index < -0.39 is 18.8 Å². The fraction of sp³-hybridized carbons (Fsp3) is 0.455. The SMILES string of the molecule is [N-]=[N+]=N[C@H](CO)C(O)c1ccc2c(c1)OCCO2. The van der Waals surface area contributed by atoms with E-state index in [9.17, 15) is 5.11 Å². The number of fused-ring (bicyclic) bond motifs is 1. The van der Waals surface area contributed by atoms with E-state index in [1.807, 2.05) is 0 Å². The summed E-state index contributed by atoms with van der Waals surface area (Å²) in [6.07, 6.45) is -1.08. The van der Waals surface area contributed by atoms with E-state index >= 15 is 0 Å². The van der Waals surface area contributed by atoms with Crippen LogP contribution in [0.5, 0.6) is 11.5 Å². The molecule has 2 atom stereocenters. The quantitative estimate of drug-likeness (QED) is 0.475. The lowest BCUT2D eigenvalue weighted by Crippen LogP contribution is -2.21. The Morgan fingerprint density at radius 1 is 1.33 bits per heavy atom. The number of benzene rings is 1. The lowest BCUT2D eigenvalue weighted by Gasteiger charge is -2.21. The minimum Gasteiger partial charge on any atom is -0.486 e. The fourth-order valence-electron chi connectivity index (χ4n) is 1.73. The second-order valence-corrected chi connectivity index (χ2v) is 3.80. The van der Waals surface area contributed by atoms with E-state index in [-0.39, 0.29) is 0 Å². The van der Waals surface area contributed by atoms with E-state index in [1.54, 1.807) is 18.2 Å². The second kappa shape index (κ2) is 5.59. The maximum absolute atomic E-state index is 9.99. The van der Waals surface area contributed by atoms with Crippen LogP contribution in [0.2, 0.25) is 0 Å². The summed E-state index contributed by atoms with van der Waals surface area (Å²) in [5.41, 5.74) is 8.85. The van der Waals surface area contributed by atoms with Crippen molar-refractivity contribution in [1.29, 1.82) is 0 Å². The molecule has 1 aromatic carbocycles. The van der Waals surface area contributed by atoms with Gasteiger partial charge in [-0.3, -0.25) is 0 Å². The van der Waals surface area contributed by atoms with Gasteiger partial charge in [0.05, 0.1) is 18.8 Å². The second-order valence-electron chi connectivity index (χ2n) is 3.80. The molecule has 1 aromatic rings. The van der Waals surface area contributed by atoms with E-state index in [1.165, 1.54) is 0 Å². The molecule has 0 bridgehead atoms. The molecule has 1 unspecified atom stereocenters. The van der Waals surface area contributed by atoms with Gasteiger partial charge >= 0.3 is 0 Å². The molecule has 0 radical (unpaired) electrons. The Bertz CT molecular complexity index is 473. The Morgan fingerprint density at radius 3 is 2.72 bits per heavy atom. The first-order chi connectivity index (χ1) is 8.76. The Balaban J connectivity index is 2.24. The van der Waals surface area contributed by atoms with Crippen molar-refractivity contribution in [2.75, 3.05) is 19.8 Å². The zero-order valence-electron chi connectivity index (χ0n) is 9.56. The number of aliphatic hydroxyl groups is 2. The smallest absolute Gasteiger partial charge is 0.161 e. The van der Waals surface area contributed by atoms with Crippen molar-refractivity contribution in [3.63, 3.8) is 0 Å². The van der Waals surface area contributed by atoms with Crippen LogP contribution in [0.3, 0.4) is 0 Å². The van der Waals surface area contributed by atoms with Crippen molar-refractivity contribution in [3.8, 4) is 11.5 Å². The molecule has 7 nitrogen and oxygen atoms in total. The molecule has 0 fully saturated rings. The molecular weight excluding hydrogens is 238 g/mol. The first-order valence-electron chi connectivity index (χ1n) is 5.49. The van der Waals surface area contributed by atoms with Crippen molar-refractivity contribution in [2.45, 2.75) is 12.1 Å². The van der Waals surface area contributed by atoms with Gasteiger partial charge in [-0.15, -0.1) is 0 Å². The number of hydrogen-bond donors (Lipinski definition) is 2. The van der Waals surface area contributed by atoms with Gasteiger partial charge in [0.25, 0.3) is 0 Å². The van der Waals surface area contributed by atoms with Crippen molar-refractivity contribution in [3.05, 3.63) is 34.2 Å². The van der Waals surface area contributed by atoms with Crippen LogP contribution in [0.4, 0.5) is 0 Å². The highest BCUT2D eigenvalue weighted by atomic mass is 16.6. The molecule has 1 aliphatic heterocycles. The van der Waals surface area contributed by atoms with Crippen molar-refractivity contribution in [1.82, 2.24) is 0 Å². The average molecular weight is 251 g/mol. The average Bonchev–Trinajstić information content (AvgIpc) is 2.43.